The molecule has 1 rings (SSSR count). The van der Waals surface area contributed by atoms with E-state index in [9.17, 15) is 4.79 Å². The summed E-state index contributed by atoms with van der Waals surface area (Å²) in [5.41, 5.74) is 0.708. The second kappa shape index (κ2) is 6.61. The number of nitrogens with one attached hydrogen (secondary N) is 2. The van der Waals surface area contributed by atoms with Crippen LogP contribution in [0.2, 0.25) is 0 Å². The van der Waals surface area contributed by atoms with E-state index in [-0.39, 0.29) is 11.9 Å². The quantitative estimate of drug-likeness (QED) is 0.878. The summed E-state index contributed by atoms with van der Waals surface area (Å²) in [5, 5.41) is 5.87. The van der Waals surface area contributed by atoms with Crippen LogP contribution in [0.4, 0.5) is 5.69 Å². The molecule has 1 aromatic rings. The minimum Gasteiger partial charge on any atom is -0.497 e. The molecule has 0 spiro atoms. The molecule has 17 heavy (non-hydrogen) atoms. The molecule has 0 atom stereocenters. The fourth-order valence-corrected chi connectivity index (χ4v) is 1.56. The number of rotatable bonds is 5. The van der Waals surface area contributed by atoms with Crippen molar-refractivity contribution in [1.82, 2.24) is 5.32 Å². The molecule has 0 saturated carbocycles. The fourth-order valence-electron chi connectivity index (χ4n) is 1.22. The molecule has 94 valence electrons. The molecular weight excluding hydrogens is 284 g/mol. The maximum absolute atomic E-state index is 11.6. The highest BCUT2D eigenvalue weighted by molar-refractivity contribution is 9.10. The number of hydrogen-bond donors (Lipinski definition) is 2. The summed E-state index contributed by atoms with van der Waals surface area (Å²) in [6, 6.07) is 5.72. The van der Waals surface area contributed by atoms with Gasteiger partial charge in [0.05, 0.1) is 19.3 Å². The maximum Gasteiger partial charge on any atom is 0.238 e. The maximum atomic E-state index is 11.6. The topological polar surface area (TPSA) is 50.4 Å². The molecule has 2 N–H and O–H groups in total. The van der Waals surface area contributed by atoms with E-state index in [0.29, 0.717) is 18.0 Å². The summed E-state index contributed by atoms with van der Waals surface area (Å²) in [6.07, 6.45) is 0. The van der Waals surface area contributed by atoms with Gasteiger partial charge in [-0.3, -0.25) is 4.79 Å². The summed E-state index contributed by atoms with van der Waals surface area (Å²) < 4.78 is 5.93. The first kappa shape index (κ1) is 14.0. The van der Waals surface area contributed by atoms with Gasteiger partial charge in [0.15, 0.2) is 0 Å². The number of benzene rings is 1. The number of carbonyl (C=O) groups excluding carboxylic acids is 1. The number of hydrogen-bond acceptors (Lipinski definition) is 3. The molecule has 5 heteroatoms. The molecule has 0 radical (unpaired) electrons. The Hall–Kier alpha value is -1.07. The van der Waals surface area contributed by atoms with Crippen LogP contribution in [0.5, 0.6) is 5.75 Å². The van der Waals surface area contributed by atoms with Crippen LogP contribution in [0.25, 0.3) is 0 Å². The van der Waals surface area contributed by atoms with Gasteiger partial charge in [-0.15, -0.1) is 0 Å². The molecule has 0 heterocycles. The first-order valence-electron chi connectivity index (χ1n) is 5.39. The number of amides is 1. The number of methoxy groups -OCH3 is 1. The molecular formula is C12H17BrN2O2. The van der Waals surface area contributed by atoms with E-state index in [1.165, 1.54) is 0 Å². The molecule has 0 aliphatic carbocycles. The molecule has 0 fully saturated rings. The molecule has 0 aromatic heterocycles. The lowest BCUT2D eigenvalue weighted by atomic mass is 10.3. The third-order valence-corrected chi connectivity index (χ3v) is 2.81. The van der Waals surface area contributed by atoms with Crippen LogP contribution in [0.15, 0.2) is 22.7 Å². The number of anilines is 1. The van der Waals surface area contributed by atoms with E-state index in [0.717, 1.165) is 4.47 Å². The average Bonchev–Trinajstić information content (AvgIpc) is 2.29. The Morgan fingerprint density at radius 2 is 2.18 bits per heavy atom. The number of halogens is 1. The highest BCUT2D eigenvalue weighted by Gasteiger charge is 2.07. The Balaban J connectivity index is 2.64. The van der Waals surface area contributed by atoms with Crippen molar-refractivity contribution < 1.29 is 9.53 Å². The van der Waals surface area contributed by atoms with Crippen molar-refractivity contribution in [1.29, 1.82) is 0 Å². The summed E-state index contributed by atoms with van der Waals surface area (Å²) in [7, 11) is 1.59. The second-order valence-electron chi connectivity index (χ2n) is 3.93. The summed E-state index contributed by atoms with van der Waals surface area (Å²) in [5.74, 6) is 0.632. The van der Waals surface area contributed by atoms with Crippen molar-refractivity contribution in [2.75, 3.05) is 19.0 Å². The molecule has 0 saturated heterocycles. The first-order chi connectivity index (χ1) is 8.02. The van der Waals surface area contributed by atoms with Crippen molar-refractivity contribution in [3.8, 4) is 5.75 Å². The molecule has 1 amide bonds. The van der Waals surface area contributed by atoms with Gasteiger partial charge >= 0.3 is 0 Å². The third-order valence-electron chi connectivity index (χ3n) is 2.12. The standard InChI is InChI=1S/C12H17BrN2O2/c1-8(2)14-7-12(16)15-11-6-9(17-3)4-5-10(11)13/h4-6,8,14H,7H2,1-3H3,(H,15,16). The number of carbonyl (C=O) groups is 1. The molecule has 0 bridgehead atoms. The largest absolute Gasteiger partial charge is 0.497 e. The van der Waals surface area contributed by atoms with Gasteiger partial charge in [-0.25, -0.2) is 0 Å². The van der Waals surface area contributed by atoms with Gasteiger partial charge in [-0.2, -0.15) is 0 Å². The number of ether oxygens (including phenoxy) is 1. The van der Waals surface area contributed by atoms with Gasteiger partial charge in [0, 0.05) is 16.6 Å². The predicted molar refractivity (Wildman–Crippen MR) is 72.5 cm³/mol. The lowest BCUT2D eigenvalue weighted by molar-refractivity contribution is -0.115. The summed E-state index contributed by atoms with van der Waals surface area (Å²) in [6.45, 7) is 4.28. The van der Waals surface area contributed by atoms with Crippen LogP contribution in [-0.2, 0) is 4.79 Å². The van der Waals surface area contributed by atoms with Crippen molar-refractivity contribution in [3.63, 3.8) is 0 Å². The Kier molecular flexibility index (Phi) is 5.44. The second-order valence-corrected chi connectivity index (χ2v) is 4.78. The van der Waals surface area contributed by atoms with Crippen molar-refractivity contribution >= 4 is 27.5 Å². The lowest BCUT2D eigenvalue weighted by Crippen LogP contribution is -2.32. The summed E-state index contributed by atoms with van der Waals surface area (Å²) >= 11 is 3.38. The molecule has 0 aliphatic heterocycles. The van der Waals surface area contributed by atoms with Gasteiger partial charge in [0.1, 0.15) is 5.75 Å². The highest BCUT2D eigenvalue weighted by Crippen LogP contribution is 2.26. The normalized spacial score (nSPS) is 10.4. The first-order valence-corrected chi connectivity index (χ1v) is 6.19. The van der Waals surface area contributed by atoms with E-state index in [1.54, 1.807) is 13.2 Å². The molecule has 0 aliphatic rings. The van der Waals surface area contributed by atoms with Crippen molar-refractivity contribution in [2.24, 2.45) is 0 Å². The average molecular weight is 301 g/mol. The van der Waals surface area contributed by atoms with Crippen LogP contribution >= 0.6 is 15.9 Å². The van der Waals surface area contributed by atoms with Gasteiger partial charge < -0.3 is 15.4 Å². The van der Waals surface area contributed by atoms with E-state index in [2.05, 4.69) is 26.6 Å². The minimum atomic E-state index is -0.0762. The van der Waals surface area contributed by atoms with E-state index in [1.807, 2.05) is 26.0 Å². The van der Waals surface area contributed by atoms with Gasteiger partial charge in [0.2, 0.25) is 5.91 Å². The van der Waals surface area contributed by atoms with Crippen molar-refractivity contribution in [2.45, 2.75) is 19.9 Å². The van der Waals surface area contributed by atoms with Crippen LogP contribution in [-0.4, -0.2) is 25.6 Å². The van der Waals surface area contributed by atoms with E-state index in [4.69, 9.17) is 4.74 Å². The smallest absolute Gasteiger partial charge is 0.238 e. The third kappa shape index (κ3) is 4.75. The lowest BCUT2D eigenvalue weighted by Gasteiger charge is -2.11. The zero-order valence-electron chi connectivity index (χ0n) is 10.2. The Morgan fingerprint density at radius 3 is 2.76 bits per heavy atom. The van der Waals surface area contributed by atoms with Crippen LogP contribution in [0.3, 0.4) is 0 Å². The fraction of sp³-hybridized carbons (Fsp3) is 0.417. The molecule has 4 nitrogen and oxygen atoms in total. The summed E-state index contributed by atoms with van der Waals surface area (Å²) in [4.78, 5) is 11.6. The zero-order chi connectivity index (χ0) is 12.8. The van der Waals surface area contributed by atoms with Crippen LogP contribution < -0.4 is 15.4 Å². The SMILES string of the molecule is COc1ccc(Br)c(NC(=O)CNC(C)C)c1. The minimum absolute atomic E-state index is 0.0762. The Morgan fingerprint density at radius 1 is 1.47 bits per heavy atom. The highest BCUT2D eigenvalue weighted by atomic mass is 79.9. The van der Waals surface area contributed by atoms with Gasteiger partial charge in [0.25, 0.3) is 0 Å². The molecule has 1 aromatic carbocycles. The van der Waals surface area contributed by atoms with Gasteiger partial charge in [-0.05, 0) is 28.1 Å². The van der Waals surface area contributed by atoms with Gasteiger partial charge in [-0.1, -0.05) is 13.8 Å². The monoisotopic (exact) mass is 300 g/mol. The van der Waals surface area contributed by atoms with E-state index < -0.39 is 0 Å². The van der Waals surface area contributed by atoms with Crippen molar-refractivity contribution in [3.05, 3.63) is 22.7 Å². The zero-order valence-corrected chi connectivity index (χ0v) is 11.8. The van der Waals surface area contributed by atoms with Crippen LogP contribution in [0, 0.1) is 0 Å². The van der Waals surface area contributed by atoms with E-state index >= 15 is 0 Å². The molecule has 0 unspecified atom stereocenters. The Labute approximate surface area is 110 Å². The van der Waals surface area contributed by atoms with Crippen LogP contribution in [0.1, 0.15) is 13.8 Å². The Bertz CT molecular complexity index is 394. The predicted octanol–water partition coefficient (Wildman–Crippen LogP) is 2.39.